The topological polar surface area (TPSA) is 38.7 Å². The molecule has 1 heterocycles. The lowest BCUT2D eigenvalue weighted by Crippen LogP contribution is -2.21. The molecule has 1 atom stereocenters. The molecule has 1 N–H and O–H groups in total. The molecule has 0 spiro atoms. The summed E-state index contributed by atoms with van der Waals surface area (Å²) in [6.45, 7) is 1.08. The average molecular weight is 261 g/mol. The quantitative estimate of drug-likeness (QED) is 0.902. The molecule has 1 aliphatic heterocycles. The Morgan fingerprint density at radius 2 is 2.12 bits per heavy atom. The van der Waals surface area contributed by atoms with E-state index in [-0.39, 0.29) is 6.42 Å². The number of benzene rings is 1. The van der Waals surface area contributed by atoms with Crippen molar-refractivity contribution in [3.8, 4) is 0 Å². The van der Waals surface area contributed by atoms with Crippen LogP contribution in [0.1, 0.15) is 12.0 Å². The Bertz CT molecular complexity index is 360. The maximum Gasteiger partial charge on any atom is 0.160 e. The Morgan fingerprint density at radius 3 is 2.76 bits per heavy atom. The first-order valence-corrected chi connectivity index (χ1v) is 5.89. The van der Waals surface area contributed by atoms with Crippen LogP contribution in [0.4, 0.5) is 4.39 Å². The van der Waals surface area contributed by atoms with E-state index < -0.39 is 18.2 Å². The van der Waals surface area contributed by atoms with Crippen LogP contribution in [0.15, 0.2) is 18.2 Å². The molecule has 1 aliphatic rings. The molecule has 1 unspecified atom stereocenters. The van der Waals surface area contributed by atoms with Gasteiger partial charge in [-0.15, -0.1) is 0 Å². The van der Waals surface area contributed by atoms with Crippen LogP contribution in [-0.4, -0.2) is 30.7 Å². The predicted molar refractivity (Wildman–Crippen MR) is 61.4 cm³/mol. The lowest BCUT2D eigenvalue weighted by molar-refractivity contribution is -0.0699. The molecule has 0 aromatic heterocycles. The number of aliphatic hydroxyl groups is 1. The third-order valence-corrected chi connectivity index (χ3v) is 3.01. The van der Waals surface area contributed by atoms with E-state index in [1.165, 1.54) is 12.1 Å². The molecule has 2 rings (SSSR count). The van der Waals surface area contributed by atoms with Crippen molar-refractivity contribution in [2.24, 2.45) is 0 Å². The zero-order valence-corrected chi connectivity index (χ0v) is 9.99. The van der Waals surface area contributed by atoms with E-state index in [0.29, 0.717) is 30.2 Å². The highest BCUT2D eigenvalue weighted by molar-refractivity contribution is 6.31. The molecule has 1 aromatic rings. The minimum absolute atomic E-state index is 0.161. The van der Waals surface area contributed by atoms with Gasteiger partial charge in [-0.1, -0.05) is 17.7 Å². The van der Waals surface area contributed by atoms with E-state index in [9.17, 15) is 9.50 Å². The number of ether oxygens (including phenoxy) is 2. The van der Waals surface area contributed by atoms with Crippen molar-refractivity contribution >= 4 is 11.6 Å². The van der Waals surface area contributed by atoms with Crippen molar-refractivity contribution in [1.29, 1.82) is 0 Å². The maximum absolute atomic E-state index is 13.5. The van der Waals surface area contributed by atoms with Gasteiger partial charge in [0, 0.05) is 23.4 Å². The maximum atomic E-state index is 13.5. The summed E-state index contributed by atoms with van der Waals surface area (Å²) in [4.78, 5) is 0. The zero-order chi connectivity index (χ0) is 12.3. The van der Waals surface area contributed by atoms with Gasteiger partial charge in [-0.05, 0) is 12.1 Å². The summed E-state index contributed by atoms with van der Waals surface area (Å²) in [5, 5.41) is 10.2. The van der Waals surface area contributed by atoms with E-state index in [2.05, 4.69) is 0 Å². The molecule has 1 aromatic carbocycles. The lowest BCUT2D eigenvalue weighted by atomic mass is 10.0. The number of halogens is 2. The van der Waals surface area contributed by atoms with Crippen molar-refractivity contribution in [2.45, 2.75) is 25.2 Å². The molecule has 0 amide bonds. The molecular formula is C12H14ClFO3. The molecule has 0 radical (unpaired) electrons. The first kappa shape index (κ1) is 12.8. The lowest BCUT2D eigenvalue weighted by Gasteiger charge is -2.15. The summed E-state index contributed by atoms with van der Waals surface area (Å²) in [6.07, 6.45) is -0.637. The molecule has 3 nitrogen and oxygen atoms in total. The third kappa shape index (κ3) is 3.39. The number of aliphatic hydroxyl groups excluding tert-OH is 1. The van der Waals surface area contributed by atoms with Gasteiger partial charge in [0.05, 0.1) is 19.3 Å². The van der Waals surface area contributed by atoms with Gasteiger partial charge in [0.1, 0.15) is 5.82 Å². The molecule has 94 valence electrons. The second-order valence-electron chi connectivity index (χ2n) is 3.97. The molecule has 0 aliphatic carbocycles. The van der Waals surface area contributed by atoms with Gasteiger partial charge in [0.2, 0.25) is 0 Å². The number of hydrogen-bond acceptors (Lipinski definition) is 3. The van der Waals surface area contributed by atoms with Crippen LogP contribution in [0, 0.1) is 5.82 Å². The van der Waals surface area contributed by atoms with E-state index in [1.807, 2.05) is 0 Å². The minimum atomic E-state index is -0.729. The van der Waals surface area contributed by atoms with Gasteiger partial charge in [0.25, 0.3) is 0 Å². The SMILES string of the molecule is OC(Cc1c(F)cccc1Cl)CC1OCCO1. The van der Waals surface area contributed by atoms with Crippen LogP contribution in [0.3, 0.4) is 0 Å². The summed E-state index contributed by atoms with van der Waals surface area (Å²) in [5.74, 6) is -0.398. The molecule has 1 fully saturated rings. The first-order chi connectivity index (χ1) is 8.16. The largest absolute Gasteiger partial charge is 0.393 e. The fourth-order valence-electron chi connectivity index (χ4n) is 1.81. The molecule has 0 saturated carbocycles. The second kappa shape index (κ2) is 5.78. The van der Waals surface area contributed by atoms with E-state index in [0.717, 1.165) is 0 Å². The zero-order valence-electron chi connectivity index (χ0n) is 9.23. The van der Waals surface area contributed by atoms with E-state index >= 15 is 0 Å². The Morgan fingerprint density at radius 1 is 1.41 bits per heavy atom. The molecule has 5 heteroatoms. The van der Waals surface area contributed by atoms with E-state index in [1.54, 1.807) is 6.07 Å². The highest BCUT2D eigenvalue weighted by Gasteiger charge is 2.21. The van der Waals surface area contributed by atoms with Crippen LogP contribution in [0.2, 0.25) is 5.02 Å². The highest BCUT2D eigenvalue weighted by atomic mass is 35.5. The van der Waals surface area contributed by atoms with Crippen LogP contribution in [0.25, 0.3) is 0 Å². The van der Waals surface area contributed by atoms with Crippen molar-refractivity contribution in [1.82, 2.24) is 0 Å². The smallest absolute Gasteiger partial charge is 0.160 e. The van der Waals surface area contributed by atoms with Gasteiger partial charge in [0.15, 0.2) is 6.29 Å². The standard InChI is InChI=1S/C12H14ClFO3/c13-10-2-1-3-11(14)9(10)6-8(15)7-12-16-4-5-17-12/h1-3,8,12,15H,4-7H2. The van der Waals surface area contributed by atoms with Gasteiger partial charge < -0.3 is 14.6 Å². The molecule has 17 heavy (non-hydrogen) atoms. The Labute approximate surface area is 104 Å². The van der Waals surface area contributed by atoms with Gasteiger partial charge in [-0.2, -0.15) is 0 Å². The van der Waals surface area contributed by atoms with Crippen LogP contribution >= 0.6 is 11.6 Å². The summed E-state index contributed by atoms with van der Waals surface area (Å²) < 4.78 is 23.9. The molecular weight excluding hydrogens is 247 g/mol. The summed E-state index contributed by atoms with van der Waals surface area (Å²) in [5.41, 5.74) is 0.333. The van der Waals surface area contributed by atoms with E-state index in [4.69, 9.17) is 21.1 Å². The Kier molecular flexibility index (Phi) is 4.34. The van der Waals surface area contributed by atoms with Crippen LogP contribution in [0.5, 0.6) is 0 Å². The highest BCUT2D eigenvalue weighted by Crippen LogP contribution is 2.22. The summed E-state index contributed by atoms with van der Waals surface area (Å²) >= 11 is 5.88. The summed E-state index contributed by atoms with van der Waals surface area (Å²) in [7, 11) is 0. The summed E-state index contributed by atoms with van der Waals surface area (Å²) in [6, 6.07) is 4.47. The second-order valence-corrected chi connectivity index (χ2v) is 4.37. The van der Waals surface area contributed by atoms with Crippen LogP contribution in [-0.2, 0) is 15.9 Å². The van der Waals surface area contributed by atoms with Crippen molar-refractivity contribution in [2.75, 3.05) is 13.2 Å². The number of hydrogen-bond donors (Lipinski definition) is 1. The molecule has 0 bridgehead atoms. The van der Waals surface area contributed by atoms with Crippen LogP contribution < -0.4 is 0 Å². The minimum Gasteiger partial charge on any atom is -0.393 e. The normalized spacial score (nSPS) is 18.5. The fourth-order valence-corrected chi connectivity index (χ4v) is 2.05. The Hall–Kier alpha value is -0.680. The average Bonchev–Trinajstić information content (AvgIpc) is 2.76. The van der Waals surface area contributed by atoms with Gasteiger partial charge in [-0.3, -0.25) is 0 Å². The number of rotatable bonds is 4. The Balaban J connectivity index is 1.95. The third-order valence-electron chi connectivity index (χ3n) is 2.66. The monoisotopic (exact) mass is 260 g/mol. The first-order valence-electron chi connectivity index (χ1n) is 5.51. The predicted octanol–water partition coefficient (Wildman–Crippen LogP) is 2.15. The van der Waals surface area contributed by atoms with Gasteiger partial charge >= 0.3 is 0 Å². The fraction of sp³-hybridized carbons (Fsp3) is 0.500. The van der Waals surface area contributed by atoms with Crippen molar-refractivity contribution < 1.29 is 19.0 Å². The van der Waals surface area contributed by atoms with Crippen molar-refractivity contribution in [3.63, 3.8) is 0 Å². The molecule has 1 saturated heterocycles. The van der Waals surface area contributed by atoms with Gasteiger partial charge in [-0.25, -0.2) is 4.39 Å². The van der Waals surface area contributed by atoms with Crippen molar-refractivity contribution in [3.05, 3.63) is 34.6 Å².